The molecule has 156 valence electrons. The predicted molar refractivity (Wildman–Crippen MR) is 113 cm³/mol. The first kappa shape index (κ1) is 22.5. The van der Waals surface area contributed by atoms with Crippen LogP contribution >= 0.6 is 11.6 Å². The van der Waals surface area contributed by atoms with E-state index >= 15 is 0 Å². The molecule has 0 unspecified atom stereocenters. The number of unbranched alkanes of at least 4 members (excludes halogenated alkanes) is 2. The quantitative estimate of drug-likeness (QED) is 0.589. The maximum Gasteiger partial charge on any atom is 0.257 e. The van der Waals surface area contributed by atoms with Gasteiger partial charge < -0.3 is 14.5 Å². The summed E-state index contributed by atoms with van der Waals surface area (Å²) in [6.07, 6.45) is 4.74. The van der Waals surface area contributed by atoms with Gasteiger partial charge in [-0.2, -0.15) is 0 Å². The minimum Gasteiger partial charge on any atom is -0.496 e. The van der Waals surface area contributed by atoms with Crippen molar-refractivity contribution in [3.05, 3.63) is 28.8 Å². The summed E-state index contributed by atoms with van der Waals surface area (Å²) in [6, 6.07) is 5.28. The maximum atomic E-state index is 13.0. The van der Waals surface area contributed by atoms with E-state index in [1.807, 2.05) is 4.90 Å². The topological polar surface area (TPSA) is 49.9 Å². The normalized spacial score (nSPS) is 15.0. The van der Waals surface area contributed by atoms with Crippen molar-refractivity contribution in [2.24, 2.45) is 5.92 Å². The fraction of sp³-hybridized carbons (Fsp3) is 0.636. The minimum atomic E-state index is -0.0890. The van der Waals surface area contributed by atoms with E-state index in [0.717, 1.165) is 25.8 Å². The molecule has 0 radical (unpaired) electrons. The van der Waals surface area contributed by atoms with Crippen molar-refractivity contribution < 1.29 is 14.3 Å². The van der Waals surface area contributed by atoms with Crippen molar-refractivity contribution in [1.82, 2.24) is 9.80 Å². The first-order valence-corrected chi connectivity index (χ1v) is 10.7. The standard InChI is InChI=1S/C22H33ClN2O3/c1-5-6-7-12-25(16(2)3)21(26)17-10-13-24(14-11-17)22(27)19-15-18(23)8-9-20(19)28-4/h8-9,15-17H,5-7,10-14H2,1-4H3. The number of ether oxygens (including phenoxy) is 1. The second-order valence-corrected chi connectivity index (χ2v) is 8.18. The fourth-order valence-corrected chi connectivity index (χ4v) is 3.91. The second-order valence-electron chi connectivity index (χ2n) is 7.74. The molecule has 1 fully saturated rings. The summed E-state index contributed by atoms with van der Waals surface area (Å²) in [5, 5.41) is 0.508. The average Bonchev–Trinajstić information content (AvgIpc) is 2.70. The zero-order valence-electron chi connectivity index (χ0n) is 17.5. The van der Waals surface area contributed by atoms with Gasteiger partial charge in [0.05, 0.1) is 12.7 Å². The van der Waals surface area contributed by atoms with Crippen LogP contribution in [0.2, 0.25) is 5.02 Å². The molecule has 1 saturated heterocycles. The van der Waals surface area contributed by atoms with Crippen LogP contribution in [0.5, 0.6) is 5.75 Å². The Hall–Kier alpha value is -1.75. The summed E-state index contributed by atoms with van der Waals surface area (Å²) in [7, 11) is 1.55. The zero-order chi connectivity index (χ0) is 20.7. The molecule has 2 amide bonds. The van der Waals surface area contributed by atoms with E-state index in [4.69, 9.17) is 16.3 Å². The molecule has 2 rings (SSSR count). The van der Waals surface area contributed by atoms with E-state index in [-0.39, 0.29) is 23.8 Å². The Labute approximate surface area is 174 Å². The van der Waals surface area contributed by atoms with E-state index < -0.39 is 0 Å². The second kappa shape index (κ2) is 10.7. The van der Waals surface area contributed by atoms with Gasteiger partial charge in [-0.1, -0.05) is 31.4 Å². The van der Waals surface area contributed by atoms with Gasteiger partial charge in [0.2, 0.25) is 5.91 Å². The molecule has 1 aromatic carbocycles. The lowest BCUT2D eigenvalue weighted by molar-refractivity contribution is -0.138. The van der Waals surface area contributed by atoms with Crippen molar-refractivity contribution in [3.8, 4) is 5.75 Å². The number of halogens is 1. The summed E-state index contributed by atoms with van der Waals surface area (Å²) in [6.45, 7) is 8.30. The number of hydrogen-bond donors (Lipinski definition) is 0. The van der Waals surface area contributed by atoms with E-state index in [1.165, 1.54) is 0 Å². The molecule has 0 aliphatic carbocycles. The van der Waals surface area contributed by atoms with E-state index in [0.29, 0.717) is 42.3 Å². The molecule has 1 aliphatic rings. The zero-order valence-corrected chi connectivity index (χ0v) is 18.3. The number of piperidine rings is 1. The fourth-order valence-electron chi connectivity index (χ4n) is 3.74. The van der Waals surface area contributed by atoms with Crippen LogP contribution in [0.3, 0.4) is 0 Å². The smallest absolute Gasteiger partial charge is 0.257 e. The van der Waals surface area contributed by atoms with Gasteiger partial charge in [0.15, 0.2) is 0 Å². The van der Waals surface area contributed by atoms with Gasteiger partial charge in [0.1, 0.15) is 5.75 Å². The first-order chi connectivity index (χ1) is 13.4. The number of nitrogens with zero attached hydrogens (tertiary/aromatic N) is 2. The summed E-state index contributed by atoms with van der Waals surface area (Å²) < 4.78 is 5.31. The van der Waals surface area contributed by atoms with Gasteiger partial charge in [-0.15, -0.1) is 0 Å². The number of hydrogen-bond acceptors (Lipinski definition) is 3. The number of carbonyl (C=O) groups is 2. The lowest BCUT2D eigenvalue weighted by atomic mass is 9.94. The highest BCUT2D eigenvalue weighted by Crippen LogP contribution is 2.27. The van der Waals surface area contributed by atoms with Crippen LogP contribution in [0.4, 0.5) is 0 Å². The van der Waals surface area contributed by atoms with E-state index in [2.05, 4.69) is 20.8 Å². The lowest BCUT2D eigenvalue weighted by Crippen LogP contribution is -2.46. The van der Waals surface area contributed by atoms with Crippen molar-refractivity contribution in [2.45, 2.75) is 58.9 Å². The Kier molecular flexibility index (Phi) is 8.61. The summed E-state index contributed by atoms with van der Waals surface area (Å²) >= 11 is 6.06. The molecule has 1 heterocycles. The number of rotatable bonds is 8. The van der Waals surface area contributed by atoms with Crippen molar-refractivity contribution in [3.63, 3.8) is 0 Å². The van der Waals surface area contributed by atoms with Gasteiger partial charge in [-0.25, -0.2) is 0 Å². The monoisotopic (exact) mass is 408 g/mol. The molecule has 0 saturated carbocycles. The molecule has 1 aliphatic heterocycles. The SMILES string of the molecule is CCCCCN(C(=O)C1CCN(C(=O)c2cc(Cl)ccc2OC)CC1)C(C)C. The number of likely N-dealkylation sites (tertiary alicyclic amines) is 1. The van der Waals surface area contributed by atoms with E-state index in [1.54, 1.807) is 30.2 Å². The van der Waals surface area contributed by atoms with Gasteiger partial charge in [-0.3, -0.25) is 9.59 Å². The van der Waals surface area contributed by atoms with E-state index in [9.17, 15) is 9.59 Å². The molecule has 5 nitrogen and oxygen atoms in total. The summed E-state index contributed by atoms with van der Waals surface area (Å²) in [4.78, 5) is 29.7. The molecule has 0 bridgehead atoms. The Morgan fingerprint density at radius 3 is 2.50 bits per heavy atom. The van der Waals surface area contributed by atoms with Crippen molar-refractivity contribution >= 4 is 23.4 Å². The molecular formula is C22H33ClN2O3. The van der Waals surface area contributed by atoms with Crippen LogP contribution in [-0.2, 0) is 4.79 Å². The van der Waals surface area contributed by atoms with Crippen molar-refractivity contribution in [1.29, 1.82) is 0 Å². The molecular weight excluding hydrogens is 376 g/mol. The Morgan fingerprint density at radius 2 is 1.93 bits per heavy atom. The van der Waals surface area contributed by atoms with Crippen LogP contribution in [0.25, 0.3) is 0 Å². The lowest BCUT2D eigenvalue weighted by Gasteiger charge is -2.36. The highest BCUT2D eigenvalue weighted by molar-refractivity contribution is 6.31. The van der Waals surface area contributed by atoms with Gasteiger partial charge in [0, 0.05) is 36.6 Å². The van der Waals surface area contributed by atoms with Gasteiger partial charge in [-0.05, 0) is 51.3 Å². The number of carbonyl (C=O) groups excluding carboxylic acids is 2. The summed E-state index contributed by atoms with van der Waals surface area (Å²) in [5.41, 5.74) is 0.475. The Balaban J connectivity index is 1.98. The molecule has 0 aromatic heterocycles. The number of amides is 2. The first-order valence-electron chi connectivity index (χ1n) is 10.3. The third kappa shape index (κ3) is 5.63. The third-order valence-corrected chi connectivity index (χ3v) is 5.67. The highest BCUT2D eigenvalue weighted by Gasteiger charge is 2.32. The maximum absolute atomic E-state index is 13.0. The molecule has 0 N–H and O–H groups in total. The highest BCUT2D eigenvalue weighted by atomic mass is 35.5. The predicted octanol–water partition coefficient (Wildman–Crippen LogP) is 4.63. The molecule has 6 heteroatoms. The molecule has 1 aromatic rings. The van der Waals surface area contributed by atoms with Crippen LogP contribution in [0, 0.1) is 5.92 Å². The molecule has 0 spiro atoms. The van der Waals surface area contributed by atoms with Crippen LogP contribution < -0.4 is 4.74 Å². The number of benzene rings is 1. The van der Waals surface area contributed by atoms with Gasteiger partial charge >= 0.3 is 0 Å². The molecule has 0 atom stereocenters. The number of methoxy groups -OCH3 is 1. The molecule has 28 heavy (non-hydrogen) atoms. The van der Waals surface area contributed by atoms with Crippen LogP contribution in [0.15, 0.2) is 18.2 Å². The Bertz CT molecular complexity index is 670. The largest absolute Gasteiger partial charge is 0.496 e. The average molecular weight is 409 g/mol. The van der Waals surface area contributed by atoms with Gasteiger partial charge in [0.25, 0.3) is 5.91 Å². The van der Waals surface area contributed by atoms with Crippen LogP contribution in [0.1, 0.15) is 63.2 Å². The minimum absolute atomic E-state index is 0.00525. The summed E-state index contributed by atoms with van der Waals surface area (Å²) in [5.74, 6) is 0.663. The van der Waals surface area contributed by atoms with Crippen molar-refractivity contribution in [2.75, 3.05) is 26.7 Å². The van der Waals surface area contributed by atoms with Crippen LogP contribution in [-0.4, -0.2) is 54.4 Å². The Morgan fingerprint density at radius 1 is 1.25 bits per heavy atom. The third-order valence-electron chi connectivity index (χ3n) is 5.43.